The average molecular weight is 312 g/mol. The van der Waals surface area contributed by atoms with E-state index in [2.05, 4.69) is 12.1 Å². The van der Waals surface area contributed by atoms with Crippen molar-refractivity contribution in [1.82, 2.24) is 4.57 Å². The van der Waals surface area contributed by atoms with Crippen molar-refractivity contribution in [2.75, 3.05) is 5.73 Å². The van der Waals surface area contributed by atoms with Crippen LogP contribution in [0.4, 0.5) is 5.69 Å². The van der Waals surface area contributed by atoms with E-state index in [1.807, 2.05) is 71.3 Å². The van der Waals surface area contributed by atoms with Crippen molar-refractivity contribution < 1.29 is 4.79 Å². The Bertz CT molecular complexity index is 1020. The van der Waals surface area contributed by atoms with Gasteiger partial charge in [0.15, 0.2) is 6.29 Å². The Kier molecular flexibility index (Phi) is 3.39. The number of benzene rings is 3. The number of carbonyl (C=O) groups excluding carboxylic acids is 1. The molecule has 3 nitrogen and oxygen atoms in total. The first-order valence-corrected chi connectivity index (χ1v) is 7.78. The topological polar surface area (TPSA) is 48.0 Å². The number of nitrogens with two attached hydrogens (primary N) is 1. The Morgan fingerprint density at radius 3 is 2.21 bits per heavy atom. The summed E-state index contributed by atoms with van der Waals surface area (Å²) in [6, 6.07) is 25.9. The Morgan fingerprint density at radius 1 is 0.792 bits per heavy atom. The zero-order valence-electron chi connectivity index (χ0n) is 13.0. The number of rotatable bonds is 3. The number of aromatic nitrogens is 1. The fourth-order valence-corrected chi connectivity index (χ4v) is 3.03. The van der Waals surface area contributed by atoms with Crippen LogP contribution in [0.15, 0.2) is 78.9 Å². The Balaban J connectivity index is 1.95. The second-order valence-electron chi connectivity index (χ2n) is 5.75. The van der Waals surface area contributed by atoms with E-state index in [0.717, 1.165) is 39.7 Å². The molecule has 0 unspecified atom stereocenters. The number of aldehydes is 1. The van der Waals surface area contributed by atoms with Gasteiger partial charge in [0.05, 0.1) is 11.2 Å². The molecule has 116 valence electrons. The first-order valence-electron chi connectivity index (χ1n) is 7.78. The second-order valence-corrected chi connectivity index (χ2v) is 5.75. The number of nitrogen functional groups attached to an aromatic ring is 1. The molecule has 0 saturated heterocycles. The molecule has 3 heteroatoms. The first kappa shape index (κ1) is 14.3. The lowest BCUT2D eigenvalue weighted by atomic mass is 10.0. The van der Waals surface area contributed by atoms with Crippen LogP contribution < -0.4 is 5.73 Å². The van der Waals surface area contributed by atoms with Crippen LogP contribution in [-0.2, 0) is 0 Å². The third-order valence-electron chi connectivity index (χ3n) is 4.21. The monoisotopic (exact) mass is 312 g/mol. The summed E-state index contributed by atoms with van der Waals surface area (Å²) in [4.78, 5) is 11.5. The van der Waals surface area contributed by atoms with Crippen molar-refractivity contribution in [3.8, 4) is 16.8 Å². The molecule has 0 radical (unpaired) electrons. The summed E-state index contributed by atoms with van der Waals surface area (Å²) in [5.41, 5.74) is 11.3. The summed E-state index contributed by atoms with van der Waals surface area (Å²) in [6.07, 6.45) is 0.899. The number of nitrogens with zero attached hydrogens (tertiary/aromatic N) is 1. The molecule has 1 aromatic heterocycles. The van der Waals surface area contributed by atoms with Gasteiger partial charge in [-0.1, -0.05) is 42.5 Å². The fraction of sp³-hybridized carbons (Fsp3) is 0. The van der Waals surface area contributed by atoms with Crippen LogP contribution in [-0.4, -0.2) is 10.9 Å². The summed E-state index contributed by atoms with van der Waals surface area (Å²) in [7, 11) is 0. The number of fused-ring (bicyclic) bond motifs is 1. The molecular weight excluding hydrogens is 296 g/mol. The zero-order valence-corrected chi connectivity index (χ0v) is 13.0. The molecule has 1 heterocycles. The van der Waals surface area contributed by atoms with Gasteiger partial charge in [-0.05, 0) is 47.5 Å². The van der Waals surface area contributed by atoms with Crippen LogP contribution in [0.25, 0.3) is 27.7 Å². The van der Waals surface area contributed by atoms with Gasteiger partial charge >= 0.3 is 0 Å². The van der Waals surface area contributed by atoms with E-state index in [0.29, 0.717) is 5.69 Å². The number of para-hydroxylation sites is 1. The van der Waals surface area contributed by atoms with E-state index in [-0.39, 0.29) is 0 Å². The molecule has 0 saturated carbocycles. The van der Waals surface area contributed by atoms with Crippen molar-refractivity contribution in [2.45, 2.75) is 0 Å². The first-order chi connectivity index (χ1) is 11.8. The number of hydrogen-bond acceptors (Lipinski definition) is 2. The van der Waals surface area contributed by atoms with E-state index in [1.165, 1.54) is 0 Å². The number of hydrogen-bond donors (Lipinski definition) is 1. The van der Waals surface area contributed by atoms with E-state index in [1.54, 1.807) is 0 Å². The Labute approximate surface area is 140 Å². The molecule has 4 rings (SSSR count). The van der Waals surface area contributed by atoms with Crippen molar-refractivity contribution in [1.29, 1.82) is 0 Å². The van der Waals surface area contributed by atoms with E-state index in [4.69, 9.17) is 5.73 Å². The maximum absolute atomic E-state index is 11.5. The Hall–Kier alpha value is -3.33. The molecular formula is C21H16N2O. The van der Waals surface area contributed by atoms with Gasteiger partial charge in [-0.3, -0.25) is 4.79 Å². The van der Waals surface area contributed by atoms with Crippen molar-refractivity contribution in [3.05, 3.63) is 84.6 Å². The smallest absolute Gasteiger partial charge is 0.166 e. The van der Waals surface area contributed by atoms with E-state index < -0.39 is 0 Å². The van der Waals surface area contributed by atoms with Gasteiger partial charge < -0.3 is 10.3 Å². The second kappa shape index (κ2) is 5.70. The summed E-state index contributed by atoms with van der Waals surface area (Å²) in [5.74, 6) is 0. The predicted octanol–water partition coefficient (Wildman–Crippen LogP) is 4.69. The molecule has 24 heavy (non-hydrogen) atoms. The SMILES string of the molecule is Nc1ccc(-c2ccc3cc(C=O)n(-c4ccccc4)c3c2)cc1. The molecule has 0 aliphatic rings. The van der Waals surface area contributed by atoms with Gasteiger partial charge in [-0.15, -0.1) is 0 Å². The normalized spacial score (nSPS) is 10.8. The molecule has 0 spiro atoms. The number of carbonyl (C=O) groups is 1. The summed E-state index contributed by atoms with van der Waals surface area (Å²) < 4.78 is 1.99. The standard InChI is InChI=1S/C21H16N2O/c22-18-10-8-15(9-11-18)16-6-7-17-12-20(14-24)23(21(17)13-16)19-4-2-1-3-5-19/h1-14H,22H2. The van der Waals surface area contributed by atoms with Crippen LogP contribution in [0.3, 0.4) is 0 Å². The summed E-state index contributed by atoms with van der Waals surface area (Å²) >= 11 is 0. The van der Waals surface area contributed by atoms with Crippen molar-refractivity contribution >= 4 is 22.9 Å². The lowest BCUT2D eigenvalue weighted by Crippen LogP contribution is -1.98. The quantitative estimate of drug-likeness (QED) is 0.440. The molecule has 0 bridgehead atoms. The molecule has 0 aliphatic carbocycles. The highest BCUT2D eigenvalue weighted by atomic mass is 16.1. The number of anilines is 1. The van der Waals surface area contributed by atoms with Gasteiger partial charge in [0.2, 0.25) is 0 Å². The highest BCUT2D eigenvalue weighted by Crippen LogP contribution is 2.29. The fourth-order valence-electron chi connectivity index (χ4n) is 3.03. The molecule has 0 amide bonds. The van der Waals surface area contributed by atoms with Crippen molar-refractivity contribution in [2.24, 2.45) is 0 Å². The zero-order chi connectivity index (χ0) is 16.5. The minimum absolute atomic E-state index is 0.644. The van der Waals surface area contributed by atoms with Crippen LogP contribution in [0.1, 0.15) is 10.5 Å². The lowest BCUT2D eigenvalue weighted by Gasteiger charge is -2.09. The summed E-state index contributed by atoms with van der Waals surface area (Å²) in [5, 5.41) is 1.04. The van der Waals surface area contributed by atoms with Gasteiger partial charge in [-0.25, -0.2) is 0 Å². The van der Waals surface area contributed by atoms with Crippen LogP contribution in [0.2, 0.25) is 0 Å². The minimum atomic E-state index is 0.644. The van der Waals surface area contributed by atoms with Crippen LogP contribution in [0.5, 0.6) is 0 Å². The molecule has 4 aromatic rings. The minimum Gasteiger partial charge on any atom is -0.399 e. The molecule has 0 aliphatic heterocycles. The van der Waals surface area contributed by atoms with Crippen LogP contribution >= 0.6 is 0 Å². The molecule has 0 atom stereocenters. The lowest BCUT2D eigenvalue weighted by molar-refractivity contribution is 0.111. The largest absolute Gasteiger partial charge is 0.399 e. The van der Waals surface area contributed by atoms with Gasteiger partial charge in [0, 0.05) is 16.8 Å². The van der Waals surface area contributed by atoms with Gasteiger partial charge in [0.25, 0.3) is 0 Å². The third-order valence-corrected chi connectivity index (χ3v) is 4.21. The van der Waals surface area contributed by atoms with Crippen LogP contribution in [0, 0.1) is 0 Å². The maximum Gasteiger partial charge on any atom is 0.166 e. The molecule has 0 fully saturated rings. The van der Waals surface area contributed by atoms with E-state index >= 15 is 0 Å². The highest BCUT2D eigenvalue weighted by molar-refractivity contribution is 5.93. The molecule has 2 N–H and O–H groups in total. The average Bonchev–Trinajstić information content (AvgIpc) is 3.01. The highest BCUT2D eigenvalue weighted by Gasteiger charge is 2.11. The summed E-state index contributed by atoms with van der Waals surface area (Å²) in [6.45, 7) is 0. The van der Waals surface area contributed by atoms with Gasteiger partial charge in [-0.2, -0.15) is 0 Å². The van der Waals surface area contributed by atoms with E-state index in [9.17, 15) is 4.79 Å². The molecule has 3 aromatic carbocycles. The third kappa shape index (κ3) is 2.36. The van der Waals surface area contributed by atoms with Gasteiger partial charge in [0.1, 0.15) is 0 Å². The maximum atomic E-state index is 11.5. The van der Waals surface area contributed by atoms with Crippen molar-refractivity contribution in [3.63, 3.8) is 0 Å². The predicted molar refractivity (Wildman–Crippen MR) is 98.5 cm³/mol. The Morgan fingerprint density at radius 2 is 1.50 bits per heavy atom.